The second-order valence-corrected chi connectivity index (χ2v) is 4.97. The van der Waals surface area contributed by atoms with Gasteiger partial charge in [-0.15, -0.1) is 0 Å². The summed E-state index contributed by atoms with van der Waals surface area (Å²) in [7, 11) is 0. The van der Waals surface area contributed by atoms with Crippen LogP contribution in [0.3, 0.4) is 0 Å². The van der Waals surface area contributed by atoms with Crippen LogP contribution in [-0.2, 0) is 0 Å². The van der Waals surface area contributed by atoms with Crippen molar-refractivity contribution >= 4 is 34.8 Å². The van der Waals surface area contributed by atoms with Gasteiger partial charge in [-0.05, 0) is 0 Å². The van der Waals surface area contributed by atoms with Gasteiger partial charge in [-0.25, -0.2) is 0 Å². The van der Waals surface area contributed by atoms with Crippen molar-refractivity contribution < 1.29 is 9.59 Å². The lowest BCUT2D eigenvalue weighted by Crippen LogP contribution is -2.43. The highest BCUT2D eigenvalue weighted by Crippen LogP contribution is 2.40. The molecule has 0 heterocycles. The van der Waals surface area contributed by atoms with Crippen molar-refractivity contribution in [1.29, 1.82) is 0 Å². The number of hydrogen-bond acceptors (Lipinski definition) is 2. The molecule has 1 aromatic rings. The summed E-state index contributed by atoms with van der Waals surface area (Å²) in [4.78, 5) is 23.7. The number of carbonyl (C=O) groups excluding carboxylic acids is 2. The van der Waals surface area contributed by atoms with Crippen LogP contribution in [0, 0.1) is 5.92 Å². The first kappa shape index (κ1) is 10.7. The molecule has 0 saturated heterocycles. The lowest BCUT2D eigenvalue weighted by Gasteiger charge is -2.30. The molecule has 0 amide bonds. The molecule has 1 unspecified atom stereocenters. The number of hydrogen-bond donors (Lipinski definition) is 0. The van der Waals surface area contributed by atoms with Crippen LogP contribution in [0.5, 0.6) is 0 Å². The number of benzene rings is 1. The second-order valence-electron chi connectivity index (χ2n) is 3.58. The first-order chi connectivity index (χ1) is 6.96. The van der Waals surface area contributed by atoms with Crippen LogP contribution in [-0.4, -0.2) is 15.9 Å². The lowest BCUT2D eigenvalue weighted by atomic mass is 9.82. The van der Waals surface area contributed by atoms with Gasteiger partial charge in [0.1, 0.15) is 0 Å². The number of Topliss-reactive ketones (excluding diaryl/α,β-unsaturated/α-hetero) is 2. The van der Waals surface area contributed by atoms with Gasteiger partial charge in [-0.1, -0.05) is 54.4 Å². The highest BCUT2D eigenvalue weighted by Gasteiger charge is 2.49. The van der Waals surface area contributed by atoms with Crippen LogP contribution < -0.4 is 0 Å². The van der Waals surface area contributed by atoms with Gasteiger partial charge < -0.3 is 0 Å². The molecule has 2 rings (SSSR count). The van der Waals surface area contributed by atoms with Crippen LogP contribution in [0.2, 0.25) is 0 Å². The Morgan fingerprint density at radius 3 is 2.27 bits per heavy atom. The van der Waals surface area contributed by atoms with E-state index in [4.69, 9.17) is 23.2 Å². The van der Waals surface area contributed by atoms with Crippen LogP contribution in [0.1, 0.15) is 27.6 Å². The van der Waals surface area contributed by atoms with Crippen molar-refractivity contribution in [1.82, 2.24) is 0 Å². The van der Waals surface area contributed by atoms with Gasteiger partial charge in [-0.2, -0.15) is 0 Å². The summed E-state index contributed by atoms with van der Waals surface area (Å²) in [6.45, 7) is 1.57. The Balaban J connectivity index is 2.68. The first-order valence-electron chi connectivity index (χ1n) is 4.52. The number of ketones is 2. The highest BCUT2D eigenvalue weighted by atomic mass is 35.5. The van der Waals surface area contributed by atoms with Gasteiger partial charge in [-0.3, -0.25) is 9.59 Å². The normalized spacial score (nSPS) is 23.8. The standard InChI is InChI=1S/C11H8Cl2O2/c1-6-9(14)7-4-2-3-5-8(7)10(15)11(6,12)13/h2-6H,1H3. The molecule has 0 spiro atoms. The molecule has 4 heteroatoms. The molecule has 1 aliphatic carbocycles. The molecule has 0 radical (unpaired) electrons. The summed E-state index contributed by atoms with van der Waals surface area (Å²) in [5, 5.41) is 0. The summed E-state index contributed by atoms with van der Waals surface area (Å²) in [6, 6.07) is 6.59. The molecule has 0 aromatic heterocycles. The Hall–Kier alpha value is -0.860. The first-order valence-corrected chi connectivity index (χ1v) is 5.27. The maximum Gasteiger partial charge on any atom is 0.200 e. The number of rotatable bonds is 0. The van der Waals surface area contributed by atoms with E-state index >= 15 is 0 Å². The summed E-state index contributed by atoms with van der Waals surface area (Å²) in [6.07, 6.45) is 0. The zero-order chi connectivity index (χ0) is 11.2. The molecule has 15 heavy (non-hydrogen) atoms. The van der Waals surface area contributed by atoms with Crippen LogP contribution in [0.25, 0.3) is 0 Å². The number of halogens is 2. The average molecular weight is 243 g/mol. The third-order valence-corrected chi connectivity index (χ3v) is 3.67. The van der Waals surface area contributed by atoms with E-state index in [9.17, 15) is 9.59 Å². The Morgan fingerprint density at radius 1 is 1.13 bits per heavy atom. The Kier molecular flexibility index (Phi) is 2.36. The predicted octanol–water partition coefficient (Wildman–Crippen LogP) is 2.88. The van der Waals surface area contributed by atoms with E-state index in [1.54, 1.807) is 31.2 Å². The van der Waals surface area contributed by atoms with E-state index in [0.29, 0.717) is 11.1 Å². The fourth-order valence-corrected chi connectivity index (χ4v) is 2.07. The lowest BCUT2D eigenvalue weighted by molar-refractivity contribution is 0.0821. The van der Waals surface area contributed by atoms with Crippen molar-refractivity contribution in [2.75, 3.05) is 0 Å². The molecule has 0 N–H and O–H groups in total. The molecule has 1 aliphatic rings. The van der Waals surface area contributed by atoms with Gasteiger partial charge in [0.05, 0.1) is 5.92 Å². The van der Waals surface area contributed by atoms with Crippen LogP contribution >= 0.6 is 23.2 Å². The maximum absolute atomic E-state index is 11.9. The van der Waals surface area contributed by atoms with Crippen molar-refractivity contribution in [3.63, 3.8) is 0 Å². The zero-order valence-electron chi connectivity index (χ0n) is 7.96. The topological polar surface area (TPSA) is 34.1 Å². The van der Waals surface area contributed by atoms with Gasteiger partial charge in [0, 0.05) is 11.1 Å². The third kappa shape index (κ3) is 1.40. The minimum absolute atomic E-state index is 0.185. The summed E-state index contributed by atoms with van der Waals surface area (Å²) >= 11 is 11.8. The molecule has 0 bridgehead atoms. The number of alkyl halides is 2. The summed E-state index contributed by atoms with van der Waals surface area (Å²) in [5.74, 6) is -1.29. The average Bonchev–Trinajstić information content (AvgIpc) is 2.24. The Labute approximate surface area is 97.2 Å². The van der Waals surface area contributed by atoms with Crippen molar-refractivity contribution in [2.45, 2.75) is 11.3 Å². The van der Waals surface area contributed by atoms with Gasteiger partial charge >= 0.3 is 0 Å². The van der Waals surface area contributed by atoms with Crippen LogP contribution in [0.15, 0.2) is 24.3 Å². The number of fused-ring (bicyclic) bond motifs is 1. The van der Waals surface area contributed by atoms with Crippen molar-refractivity contribution in [3.8, 4) is 0 Å². The smallest absolute Gasteiger partial charge is 0.200 e. The molecule has 0 fully saturated rings. The largest absolute Gasteiger partial charge is 0.294 e. The van der Waals surface area contributed by atoms with E-state index in [1.165, 1.54) is 0 Å². The molecular formula is C11H8Cl2O2. The quantitative estimate of drug-likeness (QED) is 0.656. The van der Waals surface area contributed by atoms with Crippen molar-refractivity contribution in [3.05, 3.63) is 35.4 Å². The SMILES string of the molecule is CC1C(=O)c2ccccc2C(=O)C1(Cl)Cl. The number of carbonyl (C=O) groups is 2. The van der Waals surface area contributed by atoms with Gasteiger partial charge in [0.25, 0.3) is 0 Å². The molecule has 1 aromatic carbocycles. The Bertz CT molecular complexity index is 452. The summed E-state index contributed by atoms with van der Waals surface area (Å²) < 4.78 is -1.63. The maximum atomic E-state index is 11.9. The summed E-state index contributed by atoms with van der Waals surface area (Å²) in [5.41, 5.74) is 0.720. The molecular weight excluding hydrogens is 235 g/mol. The van der Waals surface area contributed by atoms with Gasteiger partial charge in [0.15, 0.2) is 15.9 Å². The second kappa shape index (κ2) is 3.32. The van der Waals surface area contributed by atoms with Gasteiger partial charge in [0.2, 0.25) is 0 Å². The van der Waals surface area contributed by atoms with E-state index < -0.39 is 16.0 Å². The molecule has 0 saturated carbocycles. The van der Waals surface area contributed by atoms with Crippen molar-refractivity contribution in [2.24, 2.45) is 5.92 Å². The monoisotopic (exact) mass is 242 g/mol. The van der Waals surface area contributed by atoms with E-state index in [-0.39, 0.29) is 5.78 Å². The third-order valence-electron chi connectivity index (χ3n) is 2.68. The highest BCUT2D eigenvalue weighted by molar-refractivity contribution is 6.62. The van der Waals surface area contributed by atoms with Crippen LogP contribution in [0.4, 0.5) is 0 Å². The molecule has 78 valence electrons. The van der Waals surface area contributed by atoms with E-state index in [0.717, 1.165) is 0 Å². The molecule has 0 aliphatic heterocycles. The predicted molar refractivity (Wildman–Crippen MR) is 58.7 cm³/mol. The Morgan fingerprint density at radius 2 is 1.67 bits per heavy atom. The molecule has 2 nitrogen and oxygen atoms in total. The molecule has 1 atom stereocenters. The minimum Gasteiger partial charge on any atom is -0.294 e. The fraction of sp³-hybridized carbons (Fsp3) is 0.273. The fourth-order valence-electron chi connectivity index (χ4n) is 1.67. The van der Waals surface area contributed by atoms with E-state index in [1.807, 2.05) is 0 Å². The zero-order valence-corrected chi connectivity index (χ0v) is 9.47. The minimum atomic E-state index is -1.63. The van der Waals surface area contributed by atoms with E-state index in [2.05, 4.69) is 0 Å².